The van der Waals surface area contributed by atoms with E-state index in [1.54, 1.807) is 19.1 Å². The summed E-state index contributed by atoms with van der Waals surface area (Å²) in [6.07, 6.45) is 1.49. The van der Waals surface area contributed by atoms with Gasteiger partial charge in [0.05, 0.1) is 19.3 Å². The molecule has 0 aliphatic heterocycles. The van der Waals surface area contributed by atoms with Crippen LogP contribution in [0.3, 0.4) is 0 Å². The fourth-order valence-corrected chi connectivity index (χ4v) is 6.31. The van der Waals surface area contributed by atoms with E-state index >= 15 is 0 Å². The van der Waals surface area contributed by atoms with E-state index < -0.39 is 22.2 Å². The van der Waals surface area contributed by atoms with Gasteiger partial charge < -0.3 is 9.84 Å². The number of benzene rings is 1. The predicted octanol–water partition coefficient (Wildman–Crippen LogP) is 4.18. The van der Waals surface area contributed by atoms with Crippen molar-refractivity contribution < 1.29 is 14.6 Å². The van der Waals surface area contributed by atoms with Gasteiger partial charge in [-0.25, -0.2) is 4.85 Å². The molecular formula is C21H24N2O3S. The van der Waals surface area contributed by atoms with Gasteiger partial charge in [0.25, 0.3) is 0 Å². The first-order valence-electron chi connectivity index (χ1n) is 9.28. The van der Waals surface area contributed by atoms with E-state index in [0.29, 0.717) is 24.9 Å². The van der Waals surface area contributed by atoms with E-state index in [0.717, 1.165) is 22.9 Å². The minimum Gasteiger partial charge on any atom is -0.465 e. The summed E-state index contributed by atoms with van der Waals surface area (Å²) in [5, 5.41) is 22.3. The molecule has 3 rings (SSSR count). The van der Waals surface area contributed by atoms with E-state index in [1.807, 2.05) is 19.9 Å². The molecule has 0 saturated heterocycles. The molecule has 1 spiro atoms. The lowest BCUT2D eigenvalue weighted by Crippen LogP contribution is -2.53. The molecule has 1 fully saturated rings. The van der Waals surface area contributed by atoms with Crippen LogP contribution in [-0.2, 0) is 20.7 Å². The number of thiocyanates is 1. The Labute approximate surface area is 164 Å². The first kappa shape index (κ1) is 19.7. The molecule has 2 aliphatic rings. The van der Waals surface area contributed by atoms with Crippen molar-refractivity contribution >= 4 is 23.4 Å². The lowest BCUT2D eigenvalue weighted by atomic mass is 9.59. The summed E-state index contributed by atoms with van der Waals surface area (Å²) in [4.78, 5) is 16.9. The molecule has 6 heteroatoms. The Morgan fingerprint density at radius 2 is 2.11 bits per heavy atom. The van der Waals surface area contributed by atoms with Gasteiger partial charge in [-0.2, -0.15) is 5.26 Å². The summed E-state index contributed by atoms with van der Waals surface area (Å²) in [5.74, 6) is -0.388. The molecular weight excluding hydrogens is 360 g/mol. The first-order valence-corrected chi connectivity index (χ1v) is 10.1. The number of thioether (sulfide) groups is 1. The Kier molecular flexibility index (Phi) is 5.25. The van der Waals surface area contributed by atoms with E-state index in [4.69, 9.17) is 11.3 Å². The average Bonchev–Trinajstić information content (AvgIpc) is 2.89. The quantitative estimate of drug-likeness (QED) is 0.481. The zero-order valence-electron chi connectivity index (χ0n) is 15.9. The van der Waals surface area contributed by atoms with Crippen LogP contribution in [0.2, 0.25) is 0 Å². The van der Waals surface area contributed by atoms with Gasteiger partial charge in [0, 0.05) is 5.41 Å². The monoisotopic (exact) mass is 384 g/mol. The summed E-state index contributed by atoms with van der Waals surface area (Å²) in [6, 6.07) is 5.42. The van der Waals surface area contributed by atoms with Crippen LogP contribution in [0.5, 0.6) is 0 Å². The van der Waals surface area contributed by atoms with Crippen LogP contribution >= 0.6 is 11.8 Å². The molecule has 1 aromatic rings. The number of hydrogen-bond donors (Lipinski definition) is 1. The van der Waals surface area contributed by atoms with E-state index in [-0.39, 0.29) is 18.4 Å². The van der Waals surface area contributed by atoms with Crippen molar-refractivity contribution in [1.29, 1.82) is 5.26 Å². The number of carbonyl (C=O) groups excluding carboxylic acids is 1. The SMILES string of the molecule is [C-]#[N+]c1ccc2c(c1)[C@@](SC#N)(C(=O)OCC)C1(C2)C[C@@H](C)C(O)[C@@H](C)C1. The summed E-state index contributed by atoms with van der Waals surface area (Å²) in [6.45, 7) is 13.4. The highest BCUT2D eigenvalue weighted by Crippen LogP contribution is 2.66. The summed E-state index contributed by atoms with van der Waals surface area (Å²) >= 11 is 0.953. The van der Waals surface area contributed by atoms with Crippen molar-refractivity contribution in [2.75, 3.05) is 6.61 Å². The largest absolute Gasteiger partial charge is 0.465 e. The molecule has 1 N–H and O–H groups in total. The smallest absolute Gasteiger partial charge is 0.328 e. The number of esters is 1. The maximum atomic E-state index is 13.4. The number of nitriles is 1. The van der Waals surface area contributed by atoms with Gasteiger partial charge in [-0.1, -0.05) is 32.0 Å². The normalized spacial score (nSPS) is 34.5. The topological polar surface area (TPSA) is 74.7 Å². The van der Waals surface area contributed by atoms with Crippen molar-refractivity contribution in [2.24, 2.45) is 17.3 Å². The van der Waals surface area contributed by atoms with E-state index in [9.17, 15) is 15.2 Å². The second kappa shape index (κ2) is 7.19. The first-order chi connectivity index (χ1) is 12.8. The summed E-state index contributed by atoms with van der Waals surface area (Å²) in [5.41, 5.74) is 1.67. The van der Waals surface area contributed by atoms with Crippen LogP contribution in [0.15, 0.2) is 18.2 Å². The molecule has 5 nitrogen and oxygen atoms in total. The molecule has 142 valence electrons. The molecule has 1 saturated carbocycles. The summed E-state index contributed by atoms with van der Waals surface area (Å²) < 4.78 is 4.32. The van der Waals surface area contributed by atoms with Crippen LogP contribution in [0.4, 0.5) is 5.69 Å². The van der Waals surface area contributed by atoms with Gasteiger partial charge in [-0.15, -0.1) is 0 Å². The van der Waals surface area contributed by atoms with Gasteiger partial charge >= 0.3 is 5.97 Å². The lowest BCUT2D eigenvalue weighted by Gasteiger charge is -2.50. The minimum absolute atomic E-state index is 0.0106. The maximum absolute atomic E-state index is 13.4. The highest BCUT2D eigenvalue weighted by atomic mass is 32.2. The number of aliphatic hydroxyl groups is 1. The highest BCUT2D eigenvalue weighted by Gasteiger charge is 2.66. The third kappa shape index (κ3) is 2.83. The number of aliphatic hydroxyl groups excluding tert-OH is 1. The third-order valence-electron chi connectivity index (χ3n) is 6.23. The number of hydrogen-bond acceptors (Lipinski definition) is 5. The van der Waals surface area contributed by atoms with Crippen LogP contribution in [0.25, 0.3) is 4.85 Å². The summed E-state index contributed by atoms with van der Waals surface area (Å²) in [7, 11) is 0. The van der Waals surface area contributed by atoms with E-state index in [1.165, 1.54) is 0 Å². The van der Waals surface area contributed by atoms with Crippen LogP contribution in [0.1, 0.15) is 44.7 Å². The van der Waals surface area contributed by atoms with Crippen LogP contribution in [-0.4, -0.2) is 23.8 Å². The molecule has 2 aliphatic carbocycles. The Hall–Kier alpha value is -2.02. The highest BCUT2D eigenvalue weighted by molar-refractivity contribution is 8.05. The fraction of sp³-hybridized carbons (Fsp3) is 0.571. The molecule has 27 heavy (non-hydrogen) atoms. The van der Waals surface area contributed by atoms with Gasteiger partial charge in [0.15, 0.2) is 10.4 Å². The van der Waals surface area contributed by atoms with Crippen molar-refractivity contribution in [2.45, 2.75) is 50.9 Å². The fourth-order valence-electron chi connectivity index (χ4n) is 5.27. The second-order valence-electron chi connectivity index (χ2n) is 7.86. The molecule has 0 heterocycles. The van der Waals surface area contributed by atoms with Gasteiger partial charge in [-0.3, -0.25) is 4.79 Å². The predicted molar refractivity (Wildman–Crippen MR) is 104 cm³/mol. The molecule has 0 bridgehead atoms. The average molecular weight is 385 g/mol. The minimum atomic E-state index is -1.17. The van der Waals surface area contributed by atoms with Crippen LogP contribution < -0.4 is 0 Å². The third-order valence-corrected chi connectivity index (χ3v) is 7.45. The standard InChI is InChI=1S/C21H24N2O3S/c1-5-26-19(25)21(27-12-22)17-8-16(23-4)7-6-15(17)11-20(21)9-13(2)18(24)14(3)10-20/h6-8,13-14,18,24H,5,9-11H2,1-3H3/t13-,14+,18?,20?,21-/m1/s1. The molecule has 1 aromatic carbocycles. The Morgan fingerprint density at radius 1 is 1.44 bits per heavy atom. The van der Waals surface area contributed by atoms with E-state index in [2.05, 4.69) is 10.2 Å². The maximum Gasteiger partial charge on any atom is 0.328 e. The Bertz CT molecular complexity index is 829. The number of nitrogens with zero attached hydrogens (tertiary/aromatic N) is 2. The molecule has 0 amide bonds. The Morgan fingerprint density at radius 3 is 2.67 bits per heavy atom. The number of carbonyl (C=O) groups is 1. The van der Waals surface area contributed by atoms with Crippen molar-refractivity contribution in [1.82, 2.24) is 0 Å². The van der Waals surface area contributed by atoms with Gasteiger partial charge in [0.1, 0.15) is 5.40 Å². The number of rotatable bonds is 3. The number of fused-ring (bicyclic) bond motifs is 1. The van der Waals surface area contributed by atoms with Gasteiger partial charge in [0.2, 0.25) is 0 Å². The second-order valence-corrected chi connectivity index (χ2v) is 8.86. The lowest BCUT2D eigenvalue weighted by molar-refractivity contribution is -0.153. The van der Waals surface area contributed by atoms with Crippen molar-refractivity contribution in [3.63, 3.8) is 0 Å². The molecule has 5 atom stereocenters. The van der Waals surface area contributed by atoms with Gasteiger partial charge in [-0.05, 0) is 60.9 Å². The van der Waals surface area contributed by atoms with Crippen molar-refractivity contribution in [3.8, 4) is 5.40 Å². The molecule has 0 radical (unpaired) electrons. The zero-order chi connectivity index (χ0) is 19.8. The Balaban J connectivity index is 2.26. The number of ether oxygens (including phenoxy) is 1. The molecule has 0 aromatic heterocycles. The van der Waals surface area contributed by atoms with Crippen LogP contribution in [0, 0.1) is 34.5 Å². The van der Waals surface area contributed by atoms with Crippen molar-refractivity contribution in [3.05, 3.63) is 40.7 Å². The molecule has 2 unspecified atom stereocenters. The zero-order valence-corrected chi connectivity index (χ0v) is 16.7.